The average molecular weight is 153 g/mol. The van der Waals surface area contributed by atoms with Crippen molar-refractivity contribution in [2.45, 2.75) is 31.4 Å². The van der Waals surface area contributed by atoms with Crippen LogP contribution in [0.5, 0.6) is 0 Å². The van der Waals surface area contributed by atoms with Crippen molar-refractivity contribution in [1.82, 2.24) is 4.90 Å². The number of hydrogen-bond acceptors (Lipinski definition) is 2. The van der Waals surface area contributed by atoms with Crippen LogP contribution in [-0.2, 0) is 0 Å². The number of aliphatic hydroxyl groups excluding tert-OH is 1. The molecule has 0 bridgehead atoms. The molecule has 0 spiro atoms. The summed E-state index contributed by atoms with van der Waals surface area (Å²) in [6.07, 6.45) is 8.15. The number of aliphatic hydroxyl groups is 1. The lowest BCUT2D eigenvalue weighted by molar-refractivity contribution is 0.0938. The summed E-state index contributed by atoms with van der Waals surface area (Å²) < 4.78 is 0. The van der Waals surface area contributed by atoms with E-state index in [-0.39, 0.29) is 6.10 Å². The van der Waals surface area contributed by atoms with Crippen LogP contribution >= 0.6 is 0 Å². The van der Waals surface area contributed by atoms with Crippen LogP contribution in [0.15, 0.2) is 0 Å². The molecule has 2 atom stereocenters. The summed E-state index contributed by atoms with van der Waals surface area (Å²) in [5.74, 6) is 2.58. The predicted octanol–water partition coefficient (Wildman–Crippen LogP) is 0.465. The lowest BCUT2D eigenvalue weighted by atomic mass is 10.2. The van der Waals surface area contributed by atoms with Crippen LogP contribution in [0.1, 0.15) is 19.3 Å². The number of hydrogen-bond donors (Lipinski definition) is 1. The molecule has 1 aliphatic carbocycles. The fraction of sp³-hybridized carbons (Fsp3) is 0.778. The van der Waals surface area contributed by atoms with Gasteiger partial charge in [-0.25, -0.2) is 0 Å². The van der Waals surface area contributed by atoms with Gasteiger partial charge in [0.15, 0.2) is 0 Å². The Bertz CT molecular complexity index is 161. The van der Waals surface area contributed by atoms with E-state index in [9.17, 15) is 5.11 Å². The second-order valence-electron chi connectivity index (χ2n) is 3.18. The second-order valence-corrected chi connectivity index (χ2v) is 3.18. The molecule has 0 unspecified atom stereocenters. The maximum atomic E-state index is 9.48. The van der Waals surface area contributed by atoms with Crippen molar-refractivity contribution in [3.63, 3.8) is 0 Å². The van der Waals surface area contributed by atoms with E-state index in [1.807, 2.05) is 7.05 Å². The molecule has 62 valence electrons. The molecule has 0 aromatic heterocycles. The summed E-state index contributed by atoms with van der Waals surface area (Å²) >= 11 is 0. The lowest BCUT2D eigenvalue weighted by Crippen LogP contribution is -2.37. The standard InChI is InChI=1S/C9H15NO/c1-3-7-10(2)8-5-4-6-9(8)11/h1,8-9,11H,4-7H2,2H3/t8-,9-/m1/s1. The third-order valence-corrected chi connectivity index (χ3v) is 2.35. The number of likely N-dealkylation sites (N-methyl/N-ethyl adjacent to an activating group) is 1. The molecule has 0 aliphatic heterocycles. The summed E-state index contributed by atoms with van der Waals surface area (Å²) in [6.45, 7) is 0.641. The molecule has 0 radical (unpaired) electrons. The van der Waals surface area contributed by atoms with E-state index in [1.165, 1.54) is 0 Å². The highest BCUT2D eigenvalue weighted by Gasteiger charge is 2.27. The van der Waals surface area contributed by atoms with E-state index in [0.29, 0.717) is 12.6 Å². The highest BCUT2D eigenvalue weighted by Crippen LogP contribution is 2.22. The molecule has 0 aromatic carbocycles. The third kappa shape index (κ3) is 1.95. The summed E-state index contributed by atoms with van der Waals surface area (Å²) in [5, 5.41) is 9.48. The van der Waals surface area contributed by atoms with Crippen molar-refractivity contribution in [2.24, 2.45) is 0 Å². The van der Waals surface area contributed by atoms with Gasteiger partial charge < -0.3 is 5.11 Å². The SMILES string of the molecule is C#CCN(C)[C@@H]1CCC[C@H]1O. The van der Waals surface area contributed by atoms with E-state index < -0.39 is 0 Å². The third-order valence-electron chi connectivity index (χ3n) is 2.35. The zero-order chi connectivity index (χ0) is 8.27. The summed E-state index contributed by atoms with van der Waals surface area (Å²) in [6, 6.07) is 0.297. The Balaban J connectivity index is 2.40. The van der Waals surface area contributed by atoms with Crippen LogP contribution in [-0.4, -0.2) is 35.7 Å². The topological polar surface area (TPSA) is 23.5 Å². The normalized spacial score (nSPS) is 30.7. The Morgan fingerprint density at radius 1 is 1.64 bits per heavy atom. The molecule has 0 saturated heterocycles. The monoisotopic (exact) mass is 153 g/mol. The molecule has 1 aliphatic rings. The van der Waals surface area contributed by atoms with E-state index >= 15 is 0 Å². The van der Waals surface area contributed by atoms with Gasteiger partial charge in [-0.3, -0.25) is 4.90 Å². The van der Waals surface area contributed by atoms with Gasteiger partial charge in [0.2, 0.25) is 0 Å². The molecule has 1 saturated carbocycles. The minimum absolute atomic E-state index is 0.159. The maximum Gasteiger partial charge on any atom is 0.0695 e. The molecule has 0 heterocycles. The largest absolute Gasteiger partial charge is 0.391 e. The first-order valence-electron chi connectivity index (χ1n) is 4.07. The molecule has 1 fully saturated rings. The minimum Gasteiger partial charge on any atom is -0.391 e. The van der Waals surface area contributed by atoms with Crippen LogP contribution in [0.2, 0.25) is 0 Å². The molecule has 11 heavy (non-hydrogen) atoms. The van der Waals surface area contributed by atoms with Crippen molar-refractivity contribution in [3.05, 3.63) is 0 Å². The summed E-state index contributed by atoms with van der Waals surface area (Å²) in [5.41, 5.74) is 0. The average Bonchev–Trinajstić information content (AvgIpc) is 2.36. The molecule has 1 rings (SSSR count). The van der Waals surface area contributed by atoms with Gasteiger partial charge in [-0.05, 0) is 26.3 Å². The number of nitrogens with zero attached hydrogens (tertiary/aromatic N) is 1. The Labute approximate surface area is 68.2 Å². The summed E-state index contributed by atoms with van der Waals surface area (Å²) in [7, 11) is 1.97. The first-order valence-corrected chi connectivity index (χ1v) is 4.07. The Morgan fingerprint density at radius 3 is 2.82 bits per heavy atom. The van der Waals surface area contributed by atoms with Crippen molar-refractivity contribution in [1.29, 1.82) is 0 Å². The molecular weight excluding hydrogens is 138 g/mol. The van der Waals surface area contributed by atoms with Crippen molar-refractivity contribution in [3.8, 4) is 12.3 Å². The Hall–Kier alpha value is -0.520. The van der Waals surface area contributed by atoms with Gasteiger partial charge in [-0.2, -0.15) is 0 Å². The second kappa shape index (κ2) is 3.75. The van der Waals surface area contributed by atoms with Crippen molar-refractivity contribution >= 4 is 0 Å². The number of terminal acetylenes is 1. The molecular formula is C9H15NO. The van der Waals surface area contributed by atoms with Crippen molar-refractivity contribution < 1.29 is 5.11 Å². The first-order chi connectivity index (χ1) is 5.25. The molecule has 0 aromatic rings. The minimum atomic E-state index is -0.159. The predicted molar refractivity (Wildman–Crippen MR) is 45.1 cm³/mol. The molecule has 2 heteroatoms. The van der Waals surface area contributed by atoms with E-state index in [4.69, 9.17) is 6.42 Å². The van der Waals surface area contributed by atoms with Crippen LogP contribution in [0.3, 0.4) is 0 Å². The van der Waals surface area contributed by atoms with Crippen molar-refractivity contribution in [2.75, 3.05) is 13.6 Å². The van der Waals surface area contributed by atoms with Gasteiger partial charge in [-0.15, -0.1) is 6.42 Å². The van der Waals surface area contributed by atoms with Gasteiger partial charge in [0.25, 0.3) is 0 Å². The highest BCUT2D eigenvalue weighted by atomic mass is 16.3. The quantitative estimate of drug-likeness (QED) is 0.583. The molecule has 0 amide bonds. The highest BCUT2D eigenvalue weighted by molar-refractivity contribution is 4.92. The van der Waals surface area contributed by atoms with Gasteiger partial charge in [0.1, 0.15) is 0 Å². The van der Waals surface area contributed by atoms with Crippen LogP contribution in [0, 0.1) is 12.3 Å². The van der Waals surface area contributed by atoms with E-state index in [2.05, 4.69) is 10.8 Å². The van der Waals surface area contributed by atoms with Gasteiger partial charge in [-0.1, -0.05) is 5.92 Å². The Kier molecular flexibility index (Phi) is 2.92. The zero-order valence-electron chi connectivity index (χ0n) is 6.95. The smallest absolute Gasteiger partial charge is 0.0695 e. The van der Waals surface area contributed by atoms with Gasteiger partial charge in [0.05, 0.1) is 12.6 Å². The Morgan fingerprint density at radius 2 is 2.36 bits per heavy atom. The molecule has 2 nitrogen and oxygen atoms in total. The fourth-order valence-corrected chi connectivity index (χ4v) is 1.70. The van der Waals surface area contributed by atoms with E-state index in [1.54, 1.807) is 0 Å². The fourth-order valence-electron chi connectivity index (χ4n) is 1.70. The number of rotatable bonds is 2. The van der Waals surface area contributed by atoms with Crippen LogP contribution in [0.25, 0.3) is 0 Å². The molecule has 1 N–H and O–H groups in total. The van der Waals surface area contributed by atoms with Gasteiger partial charge >= 0.3 is 0 Å². The van der Waals surface area contributed by atoms with Crippen LogP contribution in [0.4, 0.5) is 0 Å². The van der Waals surface area contributed by atoms with Gasteiger partial charge in [0, 0.05) is 6.04 Å². The van der Waals surface area contributed by atoms with Crippen LogP contribution < -0.4 is 0 Å². The zero-order valence-corrected chi connectivity index (χ0v) is 6.95. The first kappa shape index (κ1) is 8.58. The van der Waals surface area contributed by atoms with E-state index in [0.717, 1.165) is 19.3 Å². The summed E-state index contributed by atoms with van der Waals surface area (Å²) in [4.78, 5) is 2.05. The maximum absolute atomic E-state index is 9.48. The lowest BCUT2D eigenvalue weighted by Gasteiger charge is -2.24.